The van der Waals surface area contributed by atoms with Crippen LogP contribution in [0, 0.1) is 0 Å². The molecule has 0 aromatic rings. The summed E-state index contributed by atoms with van der Waals surface area (Å²) >= 11 is 0. The summed E-state index contributed by atoms with van der Waals surface area (Å²) in [6.45, 7) is 1.43. The zero-order valence-corrected chi connectivity index (χ0v) is 22.9. The SMILES string of the molecule is CCCCCCCCCCCCCCCC(=O)OCC(O)CO[C@H]1O[C@H](CS(=O)(=O)O)[C@H](O)[C@H](O)[C@H]1O. The quantitative estimate of drug-likeness (QED) is 0.0793. The molecule has 6 atom stereocenters. The molecule has 1 fully saturated rings. The van der Waals surface area contributed by atoms with Crippen LogP contribution in [0.3, 0.4) is 0 Å². The number of aliphatic hydroxyl groups excluding tert-OH is 4. The van der Waals surface area contributed by atoms with Crippen molar-refractivity contribution in [3.63, 3.8) is 0 Å². The molecule has 1 aliphatic heterocycles. The summed E-state index contributed by atoms with van der Waals surface area (Å²) in [5.74, 6) is -1.46. The van der Waals surface area contributed by atoms with Crippen LogP contribution < -0.4 is 0 Å². The number of ether oxygens (including phenoxy) is 3. The molecule has 1 unspecified atom stereocenters. The van der Waals surface area contributed by atoms with Gasteiger partial charge in [-0.3, -0.25) is 9.35 Å². The Morgan fingerprint density at radius 2 is 1.32 bits per heavy atom. The van der Waals surface area contributed by atoms with Crippen molar-refractivity contribution < 1.29 is 52.4 Å². The molecule has 0 saturated carbocycles. The second kappa shape index (κ2) is 19.2. The van der Waals surface area contributed by atoms with Crippen LogP contribution in [0.5, 0.6) is 0 Å². The minimum absolute atomic E-state index is 0.247. The molecule has 5 N–H and O–H groups in total. The lowest BCUT2D eigenvalue weighted by molar-refractivity contribution is -0.296. The second-order valence-electron chi connectivity index (χ2n) is 9.93. The highest BCUT2D eigenvalue weighted by molar-refractivity contribution is 7.85. The van der Waals surface area contributed by atoms with E-state index >= 15 is 0 Å². The van der Waals surface area contributed by atoms with Gasteiger partial charge in [0.2, 0.25) is 0 Å². The molecule has 0 radical (unpaired) electrons. The fourth-order valence-electron chi connectivity index (χ4n) is 4.20. The molecule has 1 rings (SSSR count). The third-order valence-corrected chi connectivity index (χ3v) is 7.17. The standard InChI is InChI=1S/C25H48O11S/c1-2-3-4-5-6-7-8-9-10-11-12-13-14-15-21(27)34-16-19(26)17-35-25-24(30)23(29)22(28)20(36-25)18-37(31,32)33/h19-20,22-26,28-30H,2-18H2,1H3,(H,31,32,33)/t19?,20-,22+,23+,24-,25+/m1/s1. The molecule has 11 nitrogen and oxygen atoms in total. The lowest BCUT2D eigenvalue weighted by atomic mass is 10.00. The van der Waals surface area contributed by atoms with Crippen molar-refractivity contribution in [2.24, 2.45) is 0 Å². The molecule has 1 saturated heterocycles. The first-order chi connectivity index (χ1) is 17.5. The van der Waals surface area contributed by atoms with Crippen molar-refractivity contribution in [3.8, 4) is 0 Å². The van der Waals surface area contributed by atoms with Crippen molar-refractivity contribution in [3.05, 3.63) is 0 Å². The maximum Gasteiger partial charge on any atom is 0.305 e. The van der Waals surface area contributed by atoms with E-state index in [2.05, 4.69) is 6.92 Å². The maximum absolute atomic E-state index is 11.9. The Balaban J connectivity index is 2.10. The number of hydrogen-bond donors (Lipinski definition) is 5. The van der Waals surface area contributed by atoms with Crippen LogP contribution in [0.4, 0.5) is 0 Å². The van der Waals surface area contributed by atoms with Gasteiger partial charge in [-0.15, -0.1) is 0 Å². The van der Waals surface area contributed by atoms with Gasteiger partial charge in [-0.05, 0) is 6.42 Å². The molecule has 37 heavy (non-hydrogen) atoms. The molecular weight excluding hydrogens is 508 g/mol. The first-order valence-electron chi connectivity index (χ1n) is 13.6. The summed E-state index contributed by atoms with van der Waals surface area (Å²) in [5, 5.41) is 39.7. The van der Waals surface area contributed by atoms with E-state index < -0.39 is 65.3 Å². The van der Waals surface area contributed by atoms with Gasteiger partial charge < -0.3 is 34.6 Å². The highest BCUT2D eigenvalue weighted by Crippen LogP contribution is 2.23. The van der Waals surface area contributed by atoms with E-state index in [0.717, 1.165) is 19.3 Å². The first-order valence-corrected chi connectivity index (χ1v) is 15.3. The highest BCUT2D eigenvalue weighted by atomic mass is 32.2. The van der Waals surface area contributed by atoms with Crippen LogP contribution in [0.15, 0.2) is 0 Å². The zero-order chi connectivity index (χ0) is 27.7. The Morgan fingerprint density at radius 1 is 0.811 bits per heavy atom. The lowest BCUT2D eigenvalue weighted by Crippen LogP contribution is -2.60. The van der Waals surface area contributed by atoms with Gasteiger partial charge in [0.1, 0.15) is 42.9 Å². The first kappa shape index (κ1) is 34.2. The predicted molar refractivity (Wildman–Crippen MR) is 136 cm³/mol. The average Bonchev–Trinajstić information content (AvgIpc) is 2.84. The molecule has 0 bridgehead atoms. The molecular formula is C25H48O11S. The van der Waals surface area contributed by atoms with Crippen LogP contribution in [-0.4, -0.2) is 95.1 Å². The molecule has 0 aromatic carbocycles. The van der Waals surface area contributed by atoms with E-state index in [9.17, 15) is 33.6 Å². The molecule has 0 amide bonds. The Morgan fingerprint density at radius 3 is 1.84 bits per heavy atom. The van der Waals surface area contributed by atoms with E-state index in [-0.39, 0.29) is 13.0 Å². The zero-order valence-electron chi connectivity index (χ0n) is 22.1. The van der Waals surface area contributed by atoms with Gasteiger partial charge in [0.25, 0.3) is 10.1 Å². The summed E-state index contributed by atoms with van der Waals surface area (Å²) in [5.41, 5.74) is 0. The number of rotatable bonds is 21. The fourth-order valence-corrected chi connectivity index (χ4v) is 4.89. The molecule has 0 spiro atoms. The van der Waals surface area contributed by atoms with Gasteiger partial charge >= 0.3 is 5.97 Å². The fraction of sp³-hybridized carbons (Fsp3) is 0.960. The Kier molecular flexibility index (Phi) is 17.8. The van der Waals surface area contributed by atoms with Crippen LogP contribution in [0.25, 0.3) is 0 Å². The van der Waals surface area contributed by atoms with Gasteiger partial charge in [0.05, 0.1) is 6.61 Å². The number of carbonyl (C=O) groups excluding carboxylic acids is 1. The van der Waals surface area contributed by atoms with Gasteiger partial charge in [-0.25, -0.2) is 0 Å². The molecule has 220 valence electrons. The van der Waals surface area contributed by atoms with Crippen molar-refractivity contribution in [2.45, 2.75) is 134 Å². The maximum atomic E-state index is 11.9. The second-order valence-corrected chi connectivity index (χ2v) is 11.4. The number of unbranched alkanes of at least 4 members (excludes halogenated alkanes) is 12. The van der Waals surface area contributed by atoms with E-state index in [4.69, 9.17) is 18.8 Å². The largest absolute Gasteiger partial charge is 0.463 e. The minimum Gasteiger partial charge on any atom is -0.463 e. The highest BCUT2D eigenvalue weighted by Gasteiger charge is 2.45. The Hall–Kier alpha value is -0.860. The van der Waals surface area contributed by atoms with E-state index in [0.29, 0.717) is 6.42 Å². The summed E-state index contributed by atoms with van der Waals surface area (Å²) in [6.07, 6.45) is 6.23. The van der Waals surface area contributed by atoms with Crippen LogP contribution in [-0.2, 0) is 29.1 Å². The molecule has 0 aliphatic carbocycles. The van der Waals surface area contributed by atoms with Crippen LogP contribution in [0.1, 0.15) is 96.8 Å². The molecule has 0 aromatic heterocycles. The van der Waals surface area contributed by atoms with E-state index in [1.165, 1.54) is 57.8 Å². The number of aliphatic hydroxyl groups is 4. The van der Waals surface area contributed by atoms with Gasteiger partial charge in [0.15, 0.2) is 6.29 Å². The van der Waals surface area contributed by atoms with Crippen LogP contribution in [0.2, 0.25) is 0 Å². The van der Waals surface area contributed by atoms with Gasteiger partial charge in [0, 0.05) is 6.42 Å². The summed E-state index contributed by atoms with van der Waals surface area (Å²) < 4.78 is 46.4. The number of carbonyl (C=O) groups is 1. The van der Waals surface area contributed by atoms with Crippen molar-refractivity contribution in [1.29, 1.82) is 0 Å². The number of hydrogen-bond acceptors (Lipinski definition) is 10. The van der Waals surface area contributed by atoms with E-state index in [1.807, 2.05) is 0 Å². The van der Waals surface area contributed by atoms with Crippen LogP contribution >= 0.6 is 0 Å². The Bertz CT molecular complexity index is 703. The van der Waals surface area contributed by atoms with E-state index in [1.54, 1.807) is 0 Å². The molecule has 1 heterocycles. The van der Waals surface area contributed by atoms with Crippen molar-refractivity contribution >= 4 is 16.1 Å². The van der Waals surface area contributed by atoms with Gasteiger partial charge in [-0.2, -0.15) is 8.42 Å². The normalized spacial score (nSPS) is 25.2. The average molecular weight is 557 g/mol. The third kappa shape index (κ3) is 16.0. The lowest BCUT2D eigenvalue weighted by Gasteiger charge is -2.40. The number of esters is 1. The summed E-state index contributed by atoms with van der Waals surface area (Å²) in [7, 11) is -4.53. The van der Waals surface area contributed by atoms with Crippen molar-refractivity contribution in [2.75, 3.05) is 19.0 Å². The minimum atomic E-state index is -4.53. The van der Waals surface area contributed by atoms with Crippen molar-refractivity contribution in [1.82, 2.24) is 0 Å². The summed E-state index contributed by atoms with van der Waals surface area (Å²) in [6, 6.07) is 0. The summed E-state index contributed by atoms with van der Waals surface area (Å²) in [4.78, 5) is 11.9. The Labute approximate surface area is 221 Å². The molecule has 12 heteroatoms. The monoisotopic (exact) mass is 556 g/mol. The predicted octanol–water partition coefficient (Wildman–Crippen LogP) is 2.08. The third-order valence-electron chi connectivity index (χ3n) is 6.42. The topological polar surface area (TPSA) is 180 Å². The van der Waals surface area contributed by atoms with Gasteiger partial charge in [-0.1, -0.05) is 84.0 Å². The smallest absolute Gasteiger partial charge is 0.305 e. The molecule has 1 aliphatic rings.